The summed E-state index contributed by atoms with van der Waals surface area (Å²) < 4.78 is 28.6. The highest BCUT2D eigenvalue weighted by atomic mass is 19.1. The van der Waals surface area contributed by atoms with Gasteiger partial charge in [0.2, 0.25) is 5.95 Å². The summed E-state index contributed by atoms with van der Waals surface area (Å²) in [5.74, 6) is 0.122. The molecule has 1 atom stereocenters. The van der Waals surface area contributed by atoms with E-state index in [4.69, 9.17) is 15.2 Å². The Morgan fingerprint density at radius 1 is 1.32 bits per heavy atom. The van der Waals surface area contributed by atoms with Crippen LogP contribution in [0.25, 0.3) is 16.6 Å². The number of rotatable bonds is 5. The largest absolute Gasteiger partial charge is 0.494 e. The van der Waals surface area contributed by atoms with Gasteiger partial charge in [-0.3, -0.25) is 4.68 Å². The van der Waals surface area contributed by atoms with E-state index >= 15 is 0 Å². The van der Waals surface area contributed by atoms with Crippen LogP contribution in [0.3, 0.4) is 0 Å². The van der Waals surface area contributed by atoms with E-state index in [0.717, 1.165) is 11.4 Å². The summed E-state index contributed by atoms with van der Waals surface area (Å²) in [6, 6.07) is 2.81. The molecule has 11 nitrogen and oxygen atoms in total. The van der Waals surface area contributed by atoms with Gasteiger partial charge in [-0.1, -0.05) is 0 Å². The van der Waals surface area contributed by atoms with E-state index in [1.807, 2.05) is 6.92 Å². The topological polar surface area (TPSA) is 129 Å². The van der Waals surface area contributed by atoms with E-state index in [-0.39, 0.29) is 11.7 Å². The normalized spacial score (nSPS) is 17.1. The monoisotopic (exact) mass is 470 g/mol. The Morgan fingerprint density at radius 2 is 2.12 bits per heavy atom. The van der Waals surface area contributed by atoms with Gasteiger partial charge in [-0.05, 0) is 26.8 Å². The van der Waals surface area contributed by atoms with Gasteiger partial charge in [-0.2, -0.15) is 9.61 Å². The van der Waals surface area contributed by atoms with Crippen molar-refractivity contribution in [3.8, 4) is 5.75 Å². The number of nitrogens with zero attached hydrogens (tertiary/aromatic N) is 7. The quantitative estimate of drug-likeness (QED) is 0.449. The number of nitrogen functional groups attached to an aromatic ring is 1. The summed E-state index contributed by atoms with van der Waals surface area (Å²) in [6.45, 7) is 7.51. The second kappa shape index (κ2) is 8.06. The molecule has 0 bridgehead atoms. The van der Waals surface area contributed by atoms with Gasteiger partial charge < -0.3 is 25.2 Å². The molecule has 0 amide bonds. The van der Waals surface area contributed by atoms with Crippen LogP contribution in [-0.2, 0) is 11.3 Å². The fraction of sp³-hybridized carbons (Fsp3) is 0.455. The van der Waals surface area contributed by atoms with Crippen LogP contribution in [-0.4, -0.2) is 66.9 Å². The third-order valence-corrected chi connectivity index (χ3v) is 5.90. The van der Waals surface area contributed by atoms with Gasteiger partial charge in [0, 0.05) is 18.0 Å². The number of fused-ring (bicyclic) bond motifs is 3. The second-order valence-electron chi connectivity index (χ2n) is 9.07. The molecule has 0 aliphatic carbocycles. The number of hydrogen-bond donors (Lipinski definition) is 2. The maximum absolute atomic E-state index is 14.4. The number of hydrogen-bond acceptors (Lipinski definition) is 9. The molecule has 3 N–H and O–H groups in total. The maximum Gasteiger partial charge on any atom is 0.223 e. The highest BCUT2D eigenvalue weighted by Gasteiger charge is 2.29. The van der Waals surface area contributed by atoms with Gasteiger partial charge in [0.1, 0.15) is 6.10 Å². The van der Waals surface area contributed by atoms with Gasteiger partial charge in [0.25, 0.3) is 0 Å². The highest BCUT2D eigenvalue weighted by Crippen LogP contribution is 2.30. The summed E-state index contributed by atoms with van der Waals surface area (Å²) in [6.07, 6.45) is 1.37. The van der Waals surface area contributed by atoms with Crippen molar-refractivity contribution in [3.63, 3.8) is 0 Å². The van der Waals surface area contributed by atoms with Gasteiger partial charge in [-0.25, -0.2) is 14.4 Å². The van der Waals surface area contributed by atoms with Crippen molar-refractivity contribution in [3.05, 3.63) is 35.7 Å². The van der Waals surface area contributed by atoms with E-state index in [0.29, 0.717) is 48.6 Å². The molecule has 0 spiro atoms. The van der Waals surface area contributed by atoms with Crippen LogP contribution in [0.15, 0.2) is 18.3 Å². The van der Waals surface area contributed by atoms with Gasteiger partial charge in [-0.15, -0.1) is 5.10 Å². The molecule has 0 unspecified atom stereocenters. The predicted octanol–water partition coefficient (Wildman–Crippen LogP) is 1.86. The number of aromatic nitrogens is 6. The number of nitrogens with two attached hydrogens (primary N) is 1. The van der Waals surface area contributed by atoms with Crippen molar-refractivity contribution < 1.29 is 19.0 Å². The van der Waals surface area contributed by atoms with Crippen molar-refractivity contribution in [2.24, 2.45) is 0 Å². The number of methoxy groups -OCH3 is 1. The SMILES string of the molecule is COc1cc2nc(N)n3nc([C@H]4CN(c5cnn(CC(C)(C)O)c5C)CCO4)nc3c2cc1F. The second-order valence-corrected chi connectivity index (χ2v) is 9.07. The van der Waals surface area contributed by atoms with Crippen molar-refractivity contribution in [2.45, 2.75) is 39.0 Å². The van der Waals surface area contributed by atoms with E-state index in [1.54, 1.807) is 24.7 Å². The minimum atomic E-state index is -0.873. The Hall–Kier alpha value is -3.51. The van der Waals surface area contributed by atoms with Gasteiger partial charge in [0.15, 0.2) is 23.0 Å². The Bertz CT molecular complexity index is 1380. The molecule has 12 heteroatoms. The lowest BCUT2D eigenvalue weighted by Crippen LogP contribution is -2.39. The number of aliphatic hydroxyl groups is 1. The molecule has 1 aromatic carbocycles. The lowest BCUT2D eigenvalue weighted by Gasteiger charge is -2.33. The van der Waals surface area contributed by atoms with Crippen LogP contribution in [0, 0.1) is 12.7 Å². The molecule has 1 aliphatic rings. The number of halogens is 1. The molecule has 180 valence electrons. The summed E-state index contributed by atoms with van der Waals surface area (Å²) in [5.41, 5.74) is 8.02. The standard InChI is InChI=1S/C22H27FN8O3/c1-12-16(9-25-30(12)11-22(2,3)32)29-5-6-34-18(10-29)19-27-20-13-7-14(23)17(33-4)8-15(13)26-21(24)31(20)28-19/h7-9,18,32H,5-6,10-11H2,1-4H3,(H2,24,26)/t18-/m1/s1. The van der Waals surface area contributed by atoms with Crippen LogP contribution in [0.1, 0.15) is 31.5 Å². The molecule has 1 saturated heterocycles. The maximum atomic E-state index is 14.4. The Kier molecular flexibility index (Phi) is 5.29. The van der Waals surface area contributed by atoms with E-state index in [2.05, 4.69) is 25.1 Å². The molecule has 4 aromatic rings. The van der Waals surface area contributed by atoms with E-state index in [9.17, 15) is 9.50 Å². The van der Waals surface area contributed by atoms with E-state index < -0.39 is 17.5 Å². The minimum absolute atomic E-state index is 0.0789. The third kappa shape index (κ3) is 3.88. The summed E-state index contributed by atoms with van der Waals surface area (Å²) in [4.78, 5) is 11.1. The first-order valence-corrected chi connectivity index (χ1v) is 11.0. The zero-order valence-electron chi connectivity index (χ0n) is 19.5. The minimum Gasteiger partial charge on any atom is -0.494 e. The zero-order valence-corrected chi connectivity index (χ0v) is 19.5. The predicted molar refractivity (Wildman–Crippen MR) is 123 cm³/mol. The Balaban J connectivity index is 1.48. The third-order valence-electron chi connectivity index (χ3n) is 5.90. The summed E-state index contributed by atoms with van der Waals surface area (Å²) >= 11 is 0. The molecule has 0 radical (unpaired) electrons. The molecule has 3 aromatic heterocycles. The number of benzene rings is 1. The lowest BCUT2D eigenvalue weighted by atomic mass is 10.1. The average molecular weight is 471 g/mol. The first kappa shape index (κ1) is 22.3. The van der Waals surface area contributed by atoms with E-state index in [1.165, 1.54) is 23.8 Å². The molecular weight excluding hydrogens is 443 g/mol. The van der Waals surface area contributed by atoms with Crippen molar-refractivity contribution in [2.75, 3.05) is 37.4 Å². The summed E-state index contributed by atoms with van der Waals surface area (Å²) in [7, 11) is 1.39. The first-order chi connectivity index (χ1) is 16.1. The van der Waals surface area contributed by atoms with Crippen LogP contribution in [0.2, 0.25) is 0 Å². The molecule has 1 fully saturated rings. The Morgan fingerprint density at radius 3 is 2.85 bits per heavy atom. The molecule has 34 heavy (non-hydrogen) atoms. The van der Waals surface area contributed by atoms with Crippen LogP contribution < -0.4 is 15.4 Å². The van der Waals surface area contributed by atoms with Gasteiger partial charge >= 0.3 is 0 Å². The molecule has 0 saturated carbocycles. The fourth-order valence-corrected chi connectivity index (χ4v) is 4.24. The first-order valence-electron chi connectivity index (χ1n) is 11.0. The highest BCUT2D eigenvalue weighted by molar-refractivity contribution is 5.93. The molecule has 5 rings (SSSR count). The number of morpholine rings is 1. The van der Waals surface area contributed by atoms with Crippen molar-refractivity contribution >= 4 is 28.2 Å². The molecule has 1 aliphatic heterocycles. The smallest absolute Gasteiger partial charge is 0.223 e. The molecule has 4 heterocycles. The van der Waals surface area contributed by atoms with Crippen LogP contribution in [0.5, 0.6) is 5.75 Å². The van der Waals surface area contributed by atoms with Crippen molar-refractivity contribution in [1.29, 1.82) is 0 Å². The number of ether oxygens (including phenoxy) is 2. The van der Waals surface area contributed by atoms with Crippen LogP contribution >= 0.6 is 0 Å². The van der Waals surface area contributed by atoms with Crippen LogP contribution in [0.4, 0.5) is 16.0 Å². The summed E-state index contributed by atoms with van der Waals surface area (Å²) in [5, 5.41) is 19.6. The zero-order chi connectivity index (χ0) is 24.2. The lowest BCUT2D eigenvalue weighted by molar-refractivity contribution is 0.0341. The Labute approximate surface area is 194 Å². The average Bonchev–Trinajstić information content (AvgIpc) is 3.38. The van der Waals surface area contributed by atoms with Gasteiger partial charge in [0.05, 0.1) is 55.5 Å². The fourth-order valence-electron chi connectivity index (χ4n) is 4.24. The van der Waals surface area contributed by atoms with Crippen molar-refractivity contribution in [1.82, 2.24) is 29.4 Å². The molecular formula is C22H27FN8O3. The number of anilines is 2.